The van der Waals surface area contributed by atoms with Crippen LogP contribution in [0.2, 0.25) is 0 Å². The van der Waals surface area contributed by atoms with Gasteiger partial charge in [0, 0.05) is 13.7 Å². The van der Waals surface area contributed by atoms with Gasteiger partial charge in [-0.05, 0) is 38.0 Å². The molecule has 3 unspecified atom stereocenters. The van der Waals surface area contributed by atoms with Gasteiger partial charge in [0.25, 0.3) is 0 Å². The summed E-state index contributed by atoms with van der Waals surface area (Å²) in [6.07, 6.45) is -10.8. The molecule has 35 heavy (non-hydrogen) atoms. The molecule has 0 aromatic rings. The first kappa shape index (κ1) is 28.4. The average Bonchev–Trinajstić information content (AvgIpc) is 2.82. The van der Waals surface area contributed by atoms with Crippen molar-refractivity contribution < 1.29 is 59.1 Å². The fraction of sp³-hybridized carbons (Fsp3) is 0.955. The van der Waals surface area contributed by atoms with E-state index in [9.17, 15) is 30.3 Å². The van der Waals surface area contributed by atoms with E-state index in [-0.39, 0.29) is 25.0 Å². The van der Waals surface area contributed by atoms with Crippen molar-refractivity contribution >= 4 is 6.09 Å². The first-order valence-electron chi connectivity index (χ1n) is 12.1. The van der Waals surface area contributed by atoms with E-state index >= 15 is 0 Å². The molecule has 0 radical (unpaired) electrons. The third-order valence-electron chi connectivity index (χ3n) is 7.18. The third-order valence-corrected chi connectivity index (χ3v) is 7.18. The Labute approximate surface area is 203 Å². The molecule has 13 heteroatoms. The Morgan fingerprint density at radius 3 is 2.31 bits per heavy atom. The number of carbonyl (C=O) groups excluding carboxylic acids is 1. The maximum absolute atomic E-state index is 11.7. The smallest absolute Gasteiger partial charge is 0.407 e. The second kappa shape index (κ2) is 12.9. The molecule has 7 N–H and O–H groups in total. The maximum Gasteiger partial charge on any atom is 0.407 e. The van der Waals surface area contributed by atoms with Gasteiger partial charge in [-0.2, -0.15) is 0 Å². The fourth-order valence-electron chi connectivity index (χ4n) is 5.05. The molecular formula is C22H39NO12. The van der Waals surface area contributed by atoms with E-state index in [0.717, 1.165) is 19.3 Å². The monoisotopic (exact) mass is 509 g/mol. The van der Waals surface area contributed by atoms with Crippen molar-refractivity contribution in [3.05, 3.63) is 0 Å². The molecule has 3 aliphatic rings. The average molecular weight is 510 g/mol. The van der Waals surface area contributed by atoms with Crippen LogP contribution < -0.4 is 5.32 Å². The molecule has 0 bridgehead atoms. The number of hydrogen-bond donors (Lipinski definition) is 7. The number of aliphatic hydroxyl groups excluding tert-OH is 6. The van der Waals surface area contributed by atoms with Crippen molar-refractivity contribution in [2.45, 2.75) is 87.4 Å². The fourth-order valence-corrected chi connectivity index (χ4v) is 5.05. The Morgan fingerprint density at radius 1 is 0.971 bits per heavy atom. The molecule has 12 atom stereocenters. The van der Waals surface area contributed by atoms with Gasteiger partial charge in [0.05, 0.1) is 32.0 Å². The van der Waals surface area contributed by atoms with Crippen molar-refractivity contribution in [2.75, 3.05) is 33.5 Å². The molecular weight excluding hydrogens is 470 g/mol. The minimum Gasteiger partial charge on any atom is -0.440 e. The summed E-state index contributed by atoms with van der Waals surface area (Å²) < 4.78 is 27.7. The van der Waals surface area contributed by atoms with E-state index in [1.807, 2.05) is 0 Å². The molecule has 0 spiro atoms. The van der Waals surface area contributed by atoms with Crippen LogP contribution in [0.1, 0.15) is 26.2 Å². The lowest BCUT2D eigenvalue weighted by Gasteiger charge is -2.51. The zero-order valence-electron chi connectivity index (χ0n) is 20.0. The first-order chi connectivity index (χ1) is 16.7. The van der Waals surface area contributed by atoms with Crippen molar-refractivity contribution in [1.82, 2.24) is 5.32 Å². The van der Waals surface area contributed by atoms with E-state index < -0.39 is 73.9 Å². The Hall–Kier alpha value is -1.13. The predicted molar refractivity (Wildman–Crippen MR) is 117 cm³/mol. The van der Waals surface area contributed by atoms with Crippen LogP contribution in [0.15, 0.2) is 0 Å². The summed E-state index contributed by atoms with van der Waals surface area (Å²) >= 11 is 0. The van der Waals surface area contributed by atoms with Gasteiger partial charge in [-0.15, -0.1) is 0 Å². The van der Waals surface area contributed by atoms with Crippen LogP contribution in [0.5, 0.6) is 0 Å². The third kappa shape index (κ3) is 6.42. The summed E-state index contributed by atoms with van der Waals surface area (Å²) in [4.78, 5) is 11.7. The molecule has 3 rings (SSSR count). The maximum atomic E-state index is 11.7. The van der Waals surface area contributed by atoms with Crippen LogP contribution >= 0.6 is 0 Å². The van der Waals surface area contributed by atoms with Gasteiger partial charge in [-0.3, -0.25) is 0 Å². The largest absolute Gasteiger partial charge is 0.440 e. The lowest BCUT2D eigenvalue weighted by molar-refractivity contribution is -0.342. The lowest BCUT2D eigenvalue weighted by atomic mass is 9.66. The highest BCUT2D eigenvalue weighted by Gasteiger charge is 2.53. The Morgan fingerprint density at radius 2 is 1.71 bits per heavy atom. The number of carbonyl (C=O) groups is 1. The quantitative estimate of drug-likeness (QED) is 0.153. The van der Waals surface area contributed by atoms with Gasteiger partial charge < -0.3 is 59.6 Å². The summed E-state index contributed by atoms with van der Waals surface area (Å²) in [7, 11) is 1.31. The number of hydrogen-bond acceptors (Lipinski definition) is 12. The number of ether oxygens (including phenoxy) is 5. The van der Waals surface area contributed by atoms with E-state index in [0.29, 0.717) is 6.61 Å². The molecule has 1 amide bonds. The molecule has 2 heterocycles. The van der Waals surface area contributed by atoms with Crippen LogP contribution in [0.3, 0.4) is 0 Å². The molecule has 1 saturated carbocycles. The SMILES string of the molecule is CNC(=O)O[C@H]1[C@H](O)[C@@H](O[C@@H]2C(C)O[C@@H](C3CCC3CCOCCO)[C@@H](O)[C@@H]2O)O[C@H](CO)[C@H]1O. The van der Waals surface area contributed by atoms with Gasteiger partial charge in [0.1, 0.15) is 36.6 Å². The molecule has 13 nitrogen and oxygen atoms in total. The topological polar surface area (TPSA) is 197 Å². The van der Waals surface area contributed by atoms with Gasteiger partial charge in [-0.25, -0.2) is 4.79 Å². The van der Waals surface area contributed by atoms with E-state index in [4.69, 9.17) is 28.8 Å². The zero-order chi connectivity index (χ0) is 25.7. The molecule has 0 aromatic carbocycles. The highest BCUT2D eigenvalue weighted by atomic mass is 16.7. The highest BCUT2D eigenvalue weighted by molar-refractivity contribution is 5.67. The standard InChI is InChI=1S/C22H39NO12/c1-10-18(34-21-17(29)20(35-22(30)23-2)14(26)13(9-25)33-21)15(27)16(28)19(32-10)12-4-3-11(12)5-7-31-8-6-24/h10-21,24-29H,3-9H2,1-2H3,(H,23,30)/t10?,11?,12?,13-,14-,15+,16+,17+,18-,19+,20-,21-/m1/s1. The molecule has 2 aliphatic heterocycles. The Balaban J connectivity index is 1.63. The van der Waals surface area contributed by atoms with Gasteiger partial charge in [-0.1, -0.05) is 0 Å². The van der Waals surface area contributed by atoms with Crippen molar-refractivity contribution in [3.63, 3.8) is 0 Å². The van der Waals surface area contributed by atoms with Crippen LogP contribution in [-0.4, -0.2) is 131 Å². The zero-order valence-corrected chi connectivity index (χ0v) is 20.0. The van der Waals surface area contributed by atoms with E-state index in [2.05, 4.69) is 5.32 Å². The van der Waals surface area contributed by atoms with Crippen LogP contribution in [0.25, 0.3) is 0 Å². The summed E-state index contributed by atoms with van der Waals surface area (Å²) in [6.45, 7) is 1.74. The Bertz CT molecular complexity index is 670. The number of rotatable bonds is 10. The first-order valence-corrected chi connectivity index (χ1v) is 12.1. The lowest BCUT2D eigenvalue weighted by Crippen LogP contribution is -2.65. The highest BCUT2D eigenvalue weighted by Crippen LogP contribution is 2.44. The van der Waals surface area contributed by atoms with Crippen LogP contribution in [0, 0.1) is 11.8 Å². The van der Waals surface area contributed by atoms with Gasteiger partial charge in [0.2, 0.25) is 0 Å². The second-order valence-electron chi connectivity index (χ2n) is 9.34. The van der Waals surface area contributed by atoms with Crippen molar-refractivity contribution in [2.24, 2.45) is 11.8 Å². The second-order valence-corrected chi connectivity index (χ2v) is 9.34. The molecule has 2 saturated heterocycles. The van der Waals surface area contributed by atoms with Crippen LogP contribution in [0.4, 0.5) is 4.79 Å². The van der Waals surface area contributed by atoms with Gasteiger partial charge in [0.15, 0.2) is 12.4 Å². The predicted octanol–water partition coefficient (Wildman–Crippen LogP) is -2.53. The molecule has 0 aromatic heterocycles. The number of alkyl carbamates (subject to hydrolysis) is 1. The summed E-state index contributed by atoms with van der Waals surface area (Å²) in [5.41, 5.74) is 0. The number of aliphatic hydroxyl groups is 6. The molecule has 1 aliphatic carbocycles. The Kier molecular flexibility index (Phi) is 10.5. The minimum atomic E-state index is -1.64. The number of nitrogens with one attached hydrogen (secondary N) is 1. The minimum absolute atomic E-state index is 0.0246. The molecule has 3 fully saturated rings. The molecule has 204 valence electrons. The number of amides is 1. The van der Waals surface area contributed by atoms with Crippen LogP contribution in [-0.2, 0) is 23.7 Å². The summed E-state index contributed by atoms with van der Waals surface area (Å²) in [6, 6.07) is 0. The van der Waals surface area contributed by atoms with Crippen molar-refractivity contribution in [1.29, 1.82) is 0 Å². The summed E-state index contributed by atoms with van der Waals surface area (Å²) in [5.74, 6) is 0.277. The van der Waals surface area contributed by atoms with Crippen molar-refractivity contribution in [3.8, 4) is 0 Å². The van der Waals surface area contributed by atoms with E-state index in [1.165, 1.54) is 7.05 Å². The summed E-state index contributed by atoms with van der Waals surface area (Å²) in [5, 5.41) is 63.3. The normalized spacial score (nSPS) is 43.9. The van der Waals surface area contributed by atoms with E-state index in [1.54, 1.807) is 6.92 Å². The van der Waals surface area contributed by atoms with Gasteiger partial charge >= 0.3 is 6.09 Å².